The second-order valence-electron chi connectivity index (χ2n) is 10.8. The standard InChI is InChI=1S/C24H33NO4S/c1-22-9-8-20-19-6-5-18(29-30(27,28)25-14-2-3-15-25)16-17(19)4-7-21(20)23(22)10-12-24(22,26)13-11-23/h5-6,16,20-21,26H,2-4,7-15H2,1H3/t20-,21-,22+,23-,24+/m1/s1. The minimum atomic E-state index is -3.69. The molecule has 5 nitrogen and oxygen atoms in total. The lowest BCUT2D eigenvalue weighted by molar-refractivity contribution is -0.101. The van der Waals surface area contributed by atoms with Crippen LogP contribution in [0.3, 0.4) is 0 Å². The van der Waals surface area contributed by atoms with Crippen molar-refractivity contribution in [1.29, 1.82) is 0 Å². The average Bonchev–Trinajstić information content (AvgIpc) is 3.39. The van der Waals surface area contributed by atoms with Crippen molar-refractivity contribution in [2.75, 3.05) is 13.1 Å². The lowest BCUT2D eigenvalue weighted by atomic mass is 9.48. The maximum Gasteiger partial charge on any atom is 0.385 e. The Morgan fingerprint density at radius 1 is 1.07 bits per heavy atom. The zero-order chi connectivity index (χ0) is 20.8. The van der Waals surface area contributed by atoms with Crippen LogP contribution in [0.2, 0.25) is 0 Å². The van der Waals surface area contributed by atoms with E-state index in [-0.39, 0.29) is 10.8 Å². The van der Waals surface area contributed by atoms with Crippen molar-refractivity contribution in [3.63, 3.8) is 0 Å². The molecule has 0 spiro atoms. The minimum Gasteiger partial charge on any atom is -0.389 e. The second-order valence-corrected chi connectivity index (χ2v) is 12.4. The molecule has 3 atom stereocenters. The molecule has 4 fully saturated rings. The Bertz CT molecular complexity index is 975. The van der Waals surface area contributed by atoms with Crippen molar-refractivity contribution in [3.8, 4) is 5.75 Å². The van der Waals surface area contributed by atoms with Crippen LogP contribution in [0, 0.1) is 16.7 Å². The van der Waals surface area contributed by atoms with Crippen molar-refractivity contribution in [3.05, 3.63) is 29.3 Å². The van der Waals surface area contributed by atoms with Gasteiger partial charge in [0.15, 0.2) is 0 Å². The second kappa shape index (κ2) is 6.23. The molecule has 1 aromatic rings. The molecule has 1 aliphatic heterocycles. The molecule has 6 heteroatoms. The van der Waals surface area contributed by atoms with Gasteiger partial charge in [0, 0.05) is 18.5 Å². The van der Waals surface area contributed by atoms with Crippen LogP contribution in [-0.4, -0.2) is 36.5 Å². The van der Waals surface area contributed by atoms with Gasteiger partial charge < -0.3 is 9.29 Å². The summed E-state index contributed by atoms with van der Waals surface area (Å²) in [7, 11) is -3.69. The number of rotatable bonds is 3. The predicted molar refractivity (Wildman–Crippen MR) is 115 cm³/mol. The fourth-order valence-corrected chi connectivity index (χ4v) is 9.59. The molecule has 3 saturated carbocycles. The summed E-state index contributed by atoms with van der Waals surface area (Å²) in [6.45, 7) is 3.49. The van der Waals surface area contributed by atoms with Gasteiger partial charge in [-0.1, -0.05) is 13.0 Å². The van der Waals surface area contributed by atoms with Crippen molar-refractivity contribution in [1.82, 2.24) is 4.31 Å². The zero-order valence-corrected chi connectivity index (χ0v) is 18.7. The molecule has 2 bridgehead atoms. The summed E-state index contributed by atoms with van der Waals surface area (Å²) in [4.78, 5) is 0. The van der Waals surface area contributed by atoms with Gasteiger partial charge in [0.25, 0.3) is 0 Å². The Hall–Kier alpha value is -1.11. The molecular weight excluding hydrogens is 398 g/mol. The molecule has 1 saturated heterocycles. The van der Waals surface area contributed by atoms with Crippen LogP contribution in [0.4, 0.5) is 0 Å². The SMILES string of the molecule is C[C@]12CC[C@@H]3c4ccc(OS(=O)(=O)N5CCCC5)cc4CC[C@H]3[C@]13CC[C@]2(O)CC3. The Balaban J connectivity index is 1.29. The predicted octanol–water partition coefficient (Wildman–Crippen LogP) is 4.16. The van der Waals surface area contributed by atoms with Gasteiger partial charge in [0.05, 0.1) is 5.60 Å². The molecule has 1 N–H and O–H groups in total. The first kappa shape index (κ1) is 19.6. The lowest BCUT2D eigenvalue weighted by Gasteiger charge is -2.56. The number of fused-ring (bicyclic) bond motifs is 3. The summed E-state index contributed by atoms with van der Waals surface area (Å²) < 4.78 is 32.1. The van der Waals surface area contributed by atoms with Gasteiger partial charge in [-0.25, -0.2) is 0 Å². The van der Waals surface area contributed by atoms with Gasteiger partial charge in [-0.05, 0) is 105 Å². The van der Waals surface area contributed by atoms with Crippen LogP contribution >= 0.6 is 0 Å². The summed E-state index contributed by atoms with van der Waals surface area (Å²) in [5.74, 6) is 1.63. The van der Waals surface area contributed by atoms with E-state index in [0.29, 0.717) is 30.7 Å². The highest BCUT2D eigenvalue weighted by Crippen LogP contribution is 2.77. The molecule has 6 rings (SSSR count). The van der Waals surface area contributed by atoms with Gasteiger partial charge >= 0.3 is 10.3 Å². The van der Waals surface area contributed by atoms with E-state index in [2.05, 4.69) is 13.0 Å². The summed E-state index contributed by atoms with van der Waals surface area (Å²) in [5, 5.41) is 11.3. The molecule has 1 aromatic carbocycles. The van der Waals surface area contributed by atoms with Gasteiger partial charge in [-0.15, -0.1) is 0 Å². The number of aliphatic hydroxyl groups is 1. The molecule has 0 radical (unpaired) electrons. The number of aryl methyl sites for hydroxylation is 1. The van der Waals surface area contributed by atoms with Crippen molar-refractivity contribution >= 4 is 10.3 Å². The van der Waals surface area contributed by atoms with Crippen molar-refractivity contribution < 1.29 is 17.7 Å². The Kier molecular flexibility index (Phi) is 4.06. The number of nitrogens with zero attached hydrogens (tertiary/aromatic N) is 1. The highest BCUT2D eigenvalue weighted by atomic mass is 32.2. The third kappa shape index (κ3) is 2.39. The zero-order valence-electron chi connectivity index (χ0n) is 17.9. The van der Waals surface area contributed by atoms with E-state index in [1.807, 2.05) is 12.1 Å². The van der Waals surface area contributed by atoms with E-state index in [9.17, 15) is 13.5 Å². The third-order valence-corrected chi connectivity index (χ3v) is 11.5. The van der Waals surface area contributed by atoms with Gasteiger partial charge in [-0.2, -0.15) is 12.7 Å². The highest BCUT2D eigenvalue weighted by molar-refractivity contribution is 7.84. The van der Waals surface area contributed by atoms with E-state index in [1.165, 1.54) is 28.3 Å². The van der Waals surface area contributed by atoms with E-state index < -0.39 is 15.9 Å². The Labute approximate surface area is 180 Å². The largest absolute Gasteiger partial charge is 0.389 e. The van der Waals surface area contributed by atoms with Crippen LogP contribution in [-0.2, 0) is 16.7 Å². The maximum absolute atomic E-state index is 12.6. The molecule has 164 valence electrons. The number of hydrogen-bond acceptors (Lipinski definition) is 4. The fraction of sp³-hybridized carbons (Fsp3) is 0.750. The third-order valence-electron chi connectivity index (χ3n) is 10.1. The first-order valence-corrected chi connectivity index (χ1v) is 13.2. The number of hydrogen-bond donors (Lipinski definition) is 1. The molecule has 0 aromatic heterocycles. The summed E-state index contributed by atoms with van der Waals surface area (Å²) in [6, 6.07) is 5.97. The van der Waals surface area contributed by atoms with E-state index in [1.54, 1.807) is 0 Å². The lowest BCUT2D eigenvalue weighted by Crippen LogP contribution is -2.51. The summed E-state index contributed by atoms with van der Waals surface area (Å²) >= 11 is 0. The van der Waals surface area contributed by atoms with Gasteiger partial charge in [-0.3, -0.25) is 0 Å². The molecule has 0 unspecified atom stereocenters. The van der Waals surface area contributed by atoms with Crippen molar-refractivity contribution in [2.45, 2.75) is 82.7 Å². The maximum atomic E-state index is 12.6. The average molecular weight is 432 g/mol. The quantitative estimate of drug-likeness (QED) is 0.780. The first-order chi connectivity index (χ1) is 14.3. The van der Waals surface area contributed by atoms with E-state index in [0.717, 1.165) is 51.4 Å². The van der Waals surface area contributed by atoms with E-state index >= 15 is 0 Å². The fourth-order valence-electron chi connectivity index (χ4n) is 8.43. The first-order valence-electron chi connectivity index (χ1n) is 11.8. The monoisotopic (exact) mass is 431 g/mol. The van der Waals surface area contributed by atoms with E-state index in [4.69, 9.17) is 4.18 Å². The summed E-state index contributed by atoms with van der Waals surface area (Å²) in [6.07, 6.45) is 10.5. The van der Waals surface area contributed by atoms with Gasteiger partial charge in [0.2, 0.25) is 0 Å². The van der Waals surface area contributed by atoms with Crippen LogP contribution in [0.5, 0.6) is 5.75 Å². The van der Waals surface area contributed by atoms with Crippen LogP contribution in [0.1, 0.15) is 81.8 Å². The van der Waals surface area contributed by atoms with Crippen LogP contribution in [0.25, 0.3) is 0 Å². The molecule has 1 heterocycles. The topological polar surface area (TPSA) is 66.8 Å². The molecule has 4 aliphatic carbocycles. The number of benzene rings is 1. The molecule has 30 heavy (non-hydrogen) atoms. The van der Waals surface area contributed by atoms with Crippen LogP contribution < -0.4 is 4.18 Å². The minimum absolute atomic E-state index is 0.0749. The Morgan fingerprint density at radius 3 is 2.53 bits per heavy atom. The smallest absolute Gasteiger partial charge is 0.385 e. The van der Waals surface area contributed by atoms with Crippen molar-refractivity contribution in [2.24, 2.45) is 16.7 Å². The molecule has 0 amide bonds. The highest BCUT2D eigenvalue weighted by Gasteiger charge is 2.73. The normalized spacial score (nSPS) is 42.6. The van der Waals surface area contributed by atoms with Crippen LogP contribution in [0.15, 0.2) is 18.2 Å². The Morgan fingerprint density at radius 2 is 1.80 bits per heavy atom. The molecule has 5 aliphatic rings. The summed E-state index contributed by atoms with van der Waals surface area (Å²) in [5.41, 5.74) is 2.58. The van der Waals surface area contributed by atoms with Gasteiger partial charge in [0.1, 0.15) is 5.75 Å². The molecular formula is C24H33NO4S.